The van der Waals surface area contributed by atoms with E-state index in [4.69, 9.17) is 10.2 Å². The Morgan fingerprint density at radius 3 is 2.77 bits per heavy atom. The summed E-state index contributed by atoms with van der Waals surface area (Å²) in [5.41, 5.74) is 2.34. The maximum Gasteiger partial charge on any atom is 0.182 e. The van der Waals surface area contributed by atoms with Gasteiger partial charge in [-0.15, -0.1) is 0 Å². The van der Waals surface area contributed by atoms with Crippen molar-refractivity contribution in [3.05, 3.63) is 22.5 Å². The lowest BCUT2D eigenvalue weighted by atomic mass is 10.4. The number of rotatable bonds is 4. The second-order valence-electron chi connectivity index (χ2n) is 2.47. The van der Waals surface area contributed by atoms with Crippen LogP contribution in [0.5, 0.6) is 0 Å². The van der Waals surface area contributed by atoms with E-state index in [1.807, 2.05) is 0 Å². The van der Waals surface area contributed by atoms with Crippen molar-refractivity contribution in [2.45, 2.75) is 6.10 Å². The van der Waals surface area contributed by atoms with E-state index in [2.05, 4.69) is 5.53 Å². The number of hydrogen-bond donors (Lipinski definition) is 3. The van der Waals surface area contributed by atoms with E-state index in [0.717, 1.165) is 0 Å². The van der Waals surface area contributed by atoms with Gasteiger partial charge in [-0.2, -0.15) is 0 Å². The second kappa shape index (κ2) is 4.03. The van der Waals surface area contributed by atoms with Gasteiger partial charge in [0.2, 0.25) is 0 Å². The van der Waals surface area contributed by atoms with E-state index >= 15 is 0 Å². The van der Waals surface area contributed by atoms with Gasteiger partial charge < -0.3 is 10.2 Å². The molecule has 0 amide bonds. The van der Waals surface area contributed by atoms with E-state index in [1.165, 1.54) is 17.4 Å². The highest BCUT2D eigenvalue weighted by molar-refractivity contribution is 4.83. The molecule has 0 radical (unpaired) electrons. The maximum absolute atomic E-state index is 10.2. The molecule has 8 nitrogen and oxygen atoms in total. The van der Waals surface area contributed by atoms with Gasteiger partial charge in [0.15, 0.2) is 5.03 Å². The summed E-state index contributed by atoms with van der Waals surface area (Å²) in [6.45, 7) is -0.304. The van der Waals surface area contributed by atoms with Crippen LogP contribution in [-0.2, 0) is 0 Å². The molecule has 1 unspecified atom stereocenters. The molecule has 0 aliphatic carbocycles. The Bertz CT molecular complexity index is 221. The van der Waals surface area contributed by atoms with Crippen molar-refractivity contribution < 1.29 is 15.2 Å². The predicted octanol–water partition coefficient (Wildman–Crippen LogP) is -1.96. The number of nitrogens with zero attached hydrogens (tertiary/aromatic N) is 3. The van der Waals surface area contributed by atoms with Crippen LogP contribution in [0.3, 0.4) is 0 Å². The van der Waals surface area contributed by atoms with Crippen LogP contribution in [0.15, 0.2) is 12.4 Å². The molecule has 3 N–H and O–H groups in total. The average Bonchev–Trinajstić information content (AvgIpc) is 2.52. The third kappa shape index (κ3) is 2.54. The topological polar surface area (TPSA) is 102 Å². The maximum atomic E-state index is 10.2. The number of aliphatic hydroxyl groups excluding tert-OH is 2. The van der Waals surface area contributed by atoms with Crippen LogP contribution < -0.4 is 5.53 Å². The fourth-order valence-corrected chi connectivity index (χ4v) is 0.819. The van der Waals surface area contributed by atoms with Crippen LogP contribution >= 0.6 is 0 Å². The molecule has 0 aromatic rings. The van der Waals surface area contributed by atoms with Gasteiger partial charge in [0.05, 0.1) is 19.3 Å². The summed E-state index contributed by atoms with van der Waals surface area (Å²) in [6.07, 6.45) is 1.66. The largest absolute Gasteiger partial charge is 0.394 e. The number of β-amino-alcohol motifs (C(OH)–C–C–N with tert-alkyl or cyclic N) is 1. The van der Waals surface area contributed by atoms with Crippen LogP contribution in [-0.4, -0.2) is 44.6 Å². The third-order valence-electron chi connectivity index (χ3n) is 1.41. The number of aliphatic hydroxyl groups is 2. The number of nitro groups is 1. The van der Waals surface area contributed by atoms with Gasteiger partial charge in [-0.25, -0.2) is 10.1 Å². The highest BCUT2D eigenvalue weighted by atomic mass is 16.7. The van der Waals surface area contributed by atoms with E-state index in [0.29, 0.717) is 5.12 Å². The van der Waals surface area contributed by atoms with Gasteiger partial charge in [-0.3, -0.25) is 5.01 Å². The molecule has 0 fully saturated rings. The van der Waals surface area contributed by atoms with Crippen molar-refractivity contribution in [2.24, 2.45) is 0 Å². The van der Waals surface area contributed by atoms with Crippen LogP contribution in [0, 0.1) is 10.1 Å². The molecule has 0 saturated carbocycles. The first-order valence-corrected chi connectivity index (χ1v) is 3.57. The molecule has 0 aromatic heterocycles. The SMILES string of the molecule is O=[N+]([O-])N1C=CN(CC(O)CO)N1. The summed E-state index contributed by atoms with van der Waals surface area (Å²) < 4.78 is 0. The van der Waals surface area contributed by atoms with Crippen molar-refractivity contribution in [1.29, 1.82) is 0 Å². The zero-order chi connectivity index (χ0) is 9.84. The molecular formula is C5H10N4O4. The highest BCUT2D eigenvalue weighted by Gasteiger charge is 2.21. The lowest BCUT2D eigenvalue weighted by molar-refractivity contribution is -0.657. The number of hydrazine groups is 3. The van der Waals surface area contributed by atoms with Crippen molar-refractivity contribution in [3.8, 4) is 0 Å². The van der Waals surface area contributed by atoms with E-state index in [1.54, 1.807) is 0 Å². The average molecular weight is 190 g/mol. The van der Waals surface area contributed by atoms with Gasteiger partial charge in [-0.05, 0) is 5.12 Å². The fraction of sp³-hybridized carbons (Fsp3) is 0.600. The molecule has 0 spiro atoms. The van der Waals surface area contributed by atoms with Crippen molar-refractivity contribution in [2.75, 3.05) is 13.2 Å². The predicted molar refractivity (Wildman–Crippen MR) is 40.9 cm³/mol. The molecule has 13 heavy (non-hydrogen) atoms. The van der Waals surface area contributed by atoms with Gasteiger partial charge in [0.1, 0.15) is 6.20 Å². The molecular weight excluding hydrogens is 180 g/mol. The number of hydrogen-bond acceptors (Lipinski definition) is 6. The van der Waals surface area contributed by atoms with Crippen molar-refractivity contribution in [3.63, 3.8) is 0 Å². The van der Waals surface area contributed by atoms with Crippen molar-refractivity contribution >= 4 is 0 Å². The molecule has 74 valence electrons. The molecule has 1 rings (SSSR count). The van der Waals surface area contributed by atoms with Gasteiger partial charge in [-0.1, -0.05) is 5.53 Å². The van der Waals surface area contributed by atoms with Gasteiger partial charge in [0, 0.05) is 6.20 Å². The minimum absolute atomic E-state index is 0.0807. The Morgan fingerprint density at radius 1 is 1.62 bits per heavy atom. The van der Waals surface area contributed by atoms with E-state index < -0.39 is 11.1 Å². The van der Waals surface area contributed by atoms with Crippen LogP contribution in [0.4, 0.5) is 0 Å². The van der Waals surface area contributed by atoms with E-state index in [9.17, 15) is 10.1 Å². The Hall–Kier alpha value is -1.38. The first kappa shape index (κ1) is 9.71. The molecule has 0 aromatic carbocycles. The third-order valence-corrected chi connectivity index (χ3v) is 1.41. The lowest BCUT2D eigenvalue weighted by Gasteiger charge is -2.18. The summed E-state index contributed by atoms with van der Waals surface area (Å²) in [7, 11) is 0. The molecule has 1 atom stereocenters. The Morgan fingerprint density at radius 2 is 2.31 bits per heavy atom. The highest BCUT2D eigenvalue weighted by Crippen LogP contribution is 2.00. The quantitative estimate of drug-likeness (QED) is 0.349. The Balaban J connectivity index is 2.34. The Kier molecular flexibility index (Phi) is 3.01. The minimum atomic E-state index is -0.927. The van der Waals surface area contributed by atoms with Crippen LogP contribution in [0.25, 0.3) is 0 Å². The first-order chi connectivity index (χ1) is 6.13. The molecule has 8 heteroatoms. The van der Waals surface area contributed by atoms with Gasteiger partial charge in [0.25, 0.3) is 0 Å². The second-order valence-corrected chi connectivity index (χ2v) is 2.47. The molecule has 1 aliphatic rings. The monoisotopic (exact) mass is 190 g/mol. The molecule has 1 aliphatic heterocycles. The number of nitrogens with one attached hydrogen (secondary N) is 1. The molecule has 0 saturated heterocycles. The fourth-order valence-electron chi connectivity index (χ4n) is 0.819. The minimum Gasteiger partial charge on any atom is -0.394 e. The zero-order valence-electron chi connectivity index (χ0n) is 6.70. The summed E-state index contributed by atoms with van der Waals surface area (Å²) >= 11 is 0. The summed E-state index contributed by atoms with van der Waals surface area (Å²) in [5.74, 6) is 0. The summed E-state index contributed by atoms with van der Waals surface area (Å²) in [5, 5.41) is 29.0. The van der Waals surface area contributed by atoms with Crippen molar-refractivity contribution in [1.82, 2.24) is 15.7 Å². The molecule has 1 heterocycles. The van der Waals surface area contributed by atoms with E-state index in [-0.39, 0.29) is 13.2 Å². The normalized spacial score (nSPS) is 18.0. The lowest BCUT2D eigenvalue weighted by Crippen LogP contribution is -2.45. The van der Waals surface area contributed by atoms with Crippen LogP contribution in [0.1, 0.15) is 0 Å². The standard InChI is InChI=1S/C5H10N4O4/c10-4-5(11)3-7-1-2-8(6-7)9(12)13/h1-2,5-6,10-11H,3-4H2. The molecule has 0 bridgehead atoms. The zero-order valence-corrected chi connectivity index (χ0v) is 6.70. The Labute approximate surface area is 73.7 Å². The summed E-state index contributed by atoms with van der Waals surface area (Å²) in [4.78, 5) is 10.2. The smallest absolute Gasteiger partial charge is 0.182 e. The summed E-state index contributed by atoms with van der Waals surface area (Å²) in [6, 6.07) is 0. The van der Waals surface area contributed by atoms with Gasteiger partial charge >= 0.3 is 0 Å². The first-order valence-electron chi connectivity index (χ1n) is 3.57. The van der Waals surface area contributed by atoms with Crippen LogP contribution in [0.2, 0.25) is 0 Å².